The first kappa shape index (κ1) is 17.1. The smallest absolute Gasteiger partial charge is 0.155 e. The van der Waals surface area contributed by atoms with Gasteiger partial charge in [-0.1, -0.05) is 30.3 Å². The first-order valence-corrected chi connectivity index (χ1v) is 10.1. The molecule has 0 aliphatic heterocycles. The molecule has 0 saturated carbocycles. The van der Waals surface area contributed by atoms with Crippen molar-refractivity contribution in [3.8, 4) is 0 Å². The predicted octanol–water partition coefficient (Wildman–Crippen LogP) is 0.795. The van der Waals surface area contributed by atoms with Crippen molar-refractivity contribution in [1.29, 1.82) is 0 Å². The van der Waals surface area contributed by atoms with Crippen molar-refractivity contribution in [1.82, 2.24) is 5.32 Å². The van der Waals surface area contributed by atoms with Crippen molar-refractivity contribution in [3.63, 3.8) is 0 Å². The van der Waals surface area contributed by atoms with Crippen LogP contribution in [-0.4, -0.2) is 46.9 Å². The van der Waals surface area contributed by atoms with E-state index in [1.807, 2.05) is 30.3 Å². The molecule has 5 nitrogen and oxygen atoms in total. The molecule has 0 heterocycles. The molecule has 114 valence electrons. The Balaban J connectivity index is 2.93. The van der Waals surface area contributed by atoms with E-state index in [-0.39, 0.29) is 17.5 Å². The summed E-state index contributed by atoms with van der Waals surface area (Å²) in [4.78, 5) is 0. The molecule has 0 aliphatic rings. The van der Waals surface area contributed by atoms with Crippen LogP contribution in [0.4, 0.5) is 0 Å². The Hall–Kier alpha value is -0.920. The molecule has 1 N–H and O–H groups in total. The number of rotatable bonds is 7. The standard InChI is InChI=1S/C13H21NO4S2/c1-11(20(17,18)10-9-19(3,15)16)13(14-2)12-7-5-4-6-8-12/h4-8,11,13-14H,9-10H2,1-3H3. The monoisotopic (exact) mass is 319 g/mol. The Morgan fingerprint density at radius 3 is 2.05 bits per heavy atom. The van der Waals surface area contributed by atoms with Gasteiger partial charge in [-0.15, -0.1) is 0 Å². The van der Waals surface area contributed by atoms with Gasteiger partial charge in [0.25, 0.3) is 0 Å². The summed E-state index contributed by atoms with van der Waals surface area (Å²) in [6.45, 7) is 1.60. The maximum Gasteiger partial charge on any atom is 0.155 e. The van der Waals surface area contributed by atoms with E-state index in [4.69, 9.17) is 0 Å². The second kappa shape index (κ2) is 6.69. The van der Waals surface area contributed by atoms with E-state index < -0.39 is 24.9 Å². The highest BCUT2D eigenvalue weighted by molar-refractivity contribution is 7.95. The third-order valence-corrected chi connectivity index (χ3v) is 6.63. The summed E-state index contributed by atoms with van der Waals surface area (Å²) in [5.74, 6) is -0.692. The van der Waals surface area contributed by atoms with Crippen LogP contribution in [0.1, 0.15) is 18.5 Å². The first-order valence-electron chi connectivity index (χ1n) is 6.29. The quantitative estimate of drug-likeness (QED) is 0.804. The van der Waals surface area contributed by atoms with Gasteiger partial charge in [-0.05, 0) is 19.5 Å². The van der Waals surface area contributed by atoms with Gasteiger partial charge in [-0.2, -0.15) is 0 Å². The van der Waals surface area contributed by atoms with Crippen molar-refractivity contribution < 1.29 is 16.8 Å². The molecule has 0 spiro atoms. The summed E-state index contributed by atoms with van der Waals surface area (Å²) in [6.07, 6.45) is 1.04. The summed E-state index contributed by atoms with van der Waals surface area (Å²) in [5.41, 5.74) is 0.866. The summed E-state index contributed by atoms with van der Waals surface area (Å²) in [6, 6.07) is 8.89. The van der Waals surface area contributed by atoms with Gasteiger partial charge >= 0.3 is 0 Å². The lowest BCUT2D eigenvalue weighted by atomic mass is 10.0. The van der Waals surface area contributed by atoms with Crippen molar-refractivity contribution >= 4 is 19.7 Å². The molecule has 0 bridgehead atoms. The lowest BCUT2D eigenvalue weighted by Crippen LogP contribution is -2.36. The molecule has 0 saturated heterocycles. The molecule has 0 radical (unpaired) electrons. The van der Waals surface area contributed by atoms with Crippen LogP contribution in [0.25, 0.3) is 0 Å². The van der Waals surface area contributed by atoms with E-state index >= 15 is 0 Å². The SMILES string of the molecule is CNC(c1ccccc1)C(C)S(=O)(=O)CCS(C)(=O)=O. The molecule has 2 atom stereocenters. The summed E-state index contributed by atoms with van der Waals surface area (Å²) >= 11 is 0. The average molecular weight is 319 g/mol. The van der Waals surface area contributed by atoms with Crippen molar-refractivity contribution in [3.05, 3.63) is 35.9 Å². The third-order valence-electron chi connectivity index (χ3n) is 3.24. The minimum atomic E-state index is -3.49. The molecular formula is C13H21NO4S2. The van der Waals surface area contributed by atoms with Crippen molar-refractivity contribution in [2.45, 2.75) is 18.2 Å². The van der Waals surface area contributed by atoms with E-state index in [1.165, 1.54) is 0 Å². The Bertz CT molecular complexity index is 624. The highest BCUT2D eigenvalue weighted by Crippen LogP contribution is 2.22. The zero-order valence-corrected chi connectivity index (χ0v) is 13.5. The Kier molecular flexibility index (Phi) is 5.73. The number of hydrogen-bond donors (Lipinski definition) is 1. The van der Waals surface area contributed by atoms with Crippen LogP contribution >= 0.6 is 0 Å². The molecule has 1 rings (SSSR count). The van der Waals surface area contributed by atoms with Gasteiger partial charge in [-0.25, -0.2) is 16.8 Å². The largest absolute Gasteiger partial charge is 0.312 e. The van der Waals surface area contributed by atoms with E-state index in [0.29, 0.717) is 0 Å². The zero-order chi connectivity index (χ0) is 15.4. The Morgan fingerprint density at radius 1 is 1.05 bits per heavy atom. The minimum absolute atomic E-state index is 0.342. The van der Waals surface area contributed by atoms with Gasteiger partial charge in [0.05, 0.1) is 16.8 Å². The number of hydrogen-bond acceptors (Lipinski definition) is 5. The van der Waals surface area contributed by atoms with E-state index in [9.17, 15) is 16.8 Å². The second-order valence-corrected chi connectivity index (χ2v) is 9.62. The van der Waals surface area contributed by atoms with Crippen LogP contribution in [0.15, 0.2) is 30.3 Å². The van der Waals surface area contributed by atoms with Gasteiger partial charge in [-0.3, -0.25) is 0 Å². The maximum absolute atomic E-state index is 12.2. The second-order valence-electron chi connectivity index (χ2n) is 4.88. The van der Waals surface area contributed by atoms with E-state index in [2.05, 4.69) is 5.32 Å². The van der Waals surface area contributed by atoms with Crippen LogP contribution in [0, 0.1) is 0 Å². The van der Waals surface area contributed by atoms with Gasteiger partial charge in [0, 0.05) is 12.3 Å². The number of sulfone groups is 2. The average Bonchev–Trinajstić information content (AvgIpc) is 2.38. The van der Waals surface area contributed by atoms with Gasteiger partial charge in [0.2, 0.25) is 0 Å². The van der Waals surface area contributed by atoms with E-state index in [1.54, 1.807) is 14.0 Å². The molecule has 0 aromatic heterocycles. The fraction of sp³-hybridized carbons (Fsp3) is 0.538. The van der Waals surface area contributed by atoms with Gasteiger partial charge < -0.3 is 5.32 Å². The van der Waals surface area contributed by atoms with Gasteiger partial charge in [0.15, 0.2) is 9.84 Å². The van der Waals surface area contributed by atoms with Crippen LogP contribution in [0.5, 0.6) is 0 Å². The molecule has 0 fully saturated rings. The van der Waals surface area contributed by atoms with E-state index in [0.717, 1.165) is 11.8 Å². The molecule has 1 aromatic rings. The lowest BCUT2D eigenvalue weighted by molar-refractivity contribution is 0.531. The Morgan fingerprint density at radius 2 is 1.60 bits per heavy atom. The fourth-order valence-corrected chi connectivity index (χ4v) is 5.21. The van der Waals surface area contributed by atoms with Crippen molar-refractivity contribution in [2.75, 3.05) is 24.8 Å². The minimum Gasteiger partial charge on any atom is -0.312 e. The fourth-order valence-electron chi connectivity index (χ4n) is 1.99. The predicted molar refractivity (Wildman–Crippen MR) is 81.2 cm³/mol. The highest BCUT2D eigenvalue weighted by atomic mass is 32.2. The van der Waals surface area contributed by atoms with Gasteiger partial charge in [0.1, 0.15) is 9.84 Å². The number of nitrogens with one attached hydrogen (secondary N) is 1. The Labute approximate surface area is 121 Å². The summed E-state index contributed by atoms with van der Waals surface area (Å²) < 4.78 is 46.8. The molecular weight excluding hydrogens is 298 g/mol. The van der Waals surface area contributed by atoms with Crippen LogP contribution in [-0.2, 0) is 19.7 Å². The molecule has 0 amide bonds. The molecule has 2 unspecified atom stereocenters. The van der Waals surface area contributed by atoms with Crippen LogP contribution in [0.3, 0.4) is 0 Å². The molecule has 7 heteroatoms. The van der Waals surface area contributed by atoms with Crippen LogP contribution in [0.2, 0.25) is 0 Å². The zero-order valence-electron chi connectivity index (χ0n) is 11.9. The van der Waals surface area contributed by atoms with Crippen molar-refractivity contribution in [2.24, 2.45) is 0 Å². The molecule has 1 aromatic carbocycles. The normalized spacial score (nSPS) is 15.8. The maximum atomic E-state index is 12.2. The topological polar surface area (TPSA) is 80.3 Å². The molecule has 20 heavy (non-hydrogen) atoms. The highest BCUT2D eigenvalue weighted by Gasteiger charge is 2.30. The van der Waals surface area contributed by atoms with Crippen LogP contribution < -0.4 is 5.32 Å². The summed E-state index contributed by atoms with van der Waals surface area (Å²) in [7, 11) is -5.09. The summed E-state index contributed by atoms with van der Waals surface area (Å²) in [5, 5.41) is 2.30. The third kappa shape index (κ3) is 4.88. The first-order chi connectivity index (χ1) is 9.17. The lowest BCUT2D eigenvalue weighted by Gasteiger charge is -2.24. The number of benzene rings is 1. The molecule has 0 aliphatic carbocycles.